The van der Waals surface area contributed by atoms with Crippen molar-refractivity contribution in [2.75, 3.05) is 37.7 Å². The predicted octanol–water partition coefficient (Wildman–Crippen LogP) is 5.68. The van der Waals surface area contributed by atoms with Crippen LogP contribution < -0.4 is 15.0 Å². The highest BCUT2D eigenvalue weighted by molar-refractivity contribution is 6.03. The molecule has 6 heterocycles. The molecule has 2 aromatic carbocycles. The summed E-state index contributed by atoms with van der Waals surface area (Å²) in [6.45, 7) is 8.81. The highest BCUT2D eigenvalue weighted by atomic mass is 19.1. The second-order valence-corrected chi connectivity index (χ2v) is 13.7. The second-order valence-electron chi connectivity index (χ2n) is 13.7. The minimum absolute atomic E-state index is 0.00580. The molecule has 5 atom stereocenters. The fourth-order valence-corrected chi connectivity index (χ4v) is 8.84. The summed E-state index contributed by atoms with van der Waals surface area (Å²) in [4.78, 5) is 18.9. The molecule has 0 saturated carbocycles. The average molecular weight is 655 g/mol. The molecule has 3 fully saturated rings. The number of aromatic hydroxyl groups is 1. The summed E-state index contributed by atoms with van der Waals surface area (Å²) in [7, 11) is 0. The molecule has 4 aliphatic rings. The van der Waals surface area contributed by atoms with Crippen molar-refractivity contribution in [2.45, 2.75) is 62.8 Å². The molecule has 3 saturated heterocycles. The number of nitrogens with zero attached hydrogens (tertiary/aromatic N) is 5. The summed E-state index contributed by atoms with van der Waals surface area (Å²) in [5.74, 6) is 1.48. The predicted molar refractivity (Wildman–Crippen MR) is 179 cm³/mol. The maximum absolute atomic E-state index is 17.2. The number of aromatic nitrogens is 3. The summed E-state index contributed by atoms with van der Waals surface area (Å²) in [5, 5.41) is 15.6. The van der Waals surface area contributed by atoms with Crippen LogP contribution in [0.1, 0.15) is 43.9 Å². The van der Waals surface area contributed by atoms with Gasteiger partial charge in [0, 0.05) is 49.1 Å². The van der Waals surface area contributed by atoms with Gasteiger partial charge in [-0.25, -0.2) is 18.2 Å². The van der Waals surface area contributed by atoms with Crippen molar-refractivity contribution < 1.29 is 23.0 Å². The number of phenolic OH excluding ortho intramolecular Hbond substituents is 1. The number of alkyl halides is 1. The van der Waals surface area contributed by atoms with Crippen molar-refractivity contribution in [2.24, 2.45) is 5.92 Å². The Hall–Kier alpha value is -4.40. The van der Waals surface area contributed by atoms with Gasteiger partial charge in [0.15, 0.2) is 5.82 Å². The van der Waals surface area contributed by atoms with Gasteiger partial charge in [-0.3, -0.25) is 4.90 Å². The van der Waals surface area contributed by atoms with Crippen molar-refractivity contribution in [1.82, 2.24) is 25.2 Å². The third-order valence-corrected chi connectivity index (χ3v) is 10.8. The van der Waals surface area contributed by atoms with Crippen LogP contribution in [0, 0.1) is 29.9 Å². The lowest BCUT2D eigenvalue weighted by Crippen LogP contribution is -2.60. The number of piperazine rings is 1. The van der Waals surface area contributed by atoms with Crippen LogP contribution in [0.15, 0.2) is 36.9 Å². The number of benzene rings is 2. The quantitative estimate of drug-likeness (QED) is 0.203. The maximum atomic E-state index is 17.2. The van der Waals surface area contributed by atoms with Gasteiger partial charge in [-0.05, 0) is 61.7 Å². The van der Waals surface area contributed by atoms with E-state index in [-0.39, 0.29) is 64.1 Å². The highest BCUT2D eigenvalue weighted by Crippen LogP contribution is 2.44. The molecule has 0 radical (unpaired) electrons. The van der Waals surface area contributed by atoms with Crippen LogP contribution in [-0.2, 0) is 6.42 Å². The van der Waals surface area contributed by atoms with E-state index in [0.717, 1.165) is 25.8 Å². The molecule has 0 spiro atoms. The second kappa shape index (κ2) is 11.6. The molecule has 2 N–H and O–H groups in total. The Bertz CT molecular complexity index is 2020. The van der Waals surface area contributed by atoms with Gasteiger partial charge in [0.2, 0.25) is 0 Å². The van der Waals surface area contributed by atoms with Gasteiger partial charge in [-0.1, -0.05) is 25.0 Å². The first-order valence-electron chi connectivity index (χ1n) is 16.7. The molecule has 8 nitrogen and oxygen atoms in total. The molecule has 48 heavy (non-hydrogen) atoms. The first kappa shape index (κ1) is 30.9. The summed E-state index contributed by atoms with van der Waals surface area (Å²) >= 11 is 0. The minimum atomic E-state index is -0.926. The lowest BCUT2D eigenvalue weighted by atomic mass is 9.87. The van der Waals surface area contributed by atoms with Crippen LogP contribution >= 0.6 is 0 Å². The number of rotatable bonds is 6. The van der Waals surface area contributed by atoms with Crippen molar-refractivity contribution in [1.29, 1.82) is 0 Å². The lowest BCUT2D eigenvalue weighted by molar-refractivity contribution is 0.107. The highest BCUT2D eigenvalue weighted by Gasteiger charge is 2.49. The van der Waals surface area contributed by atoms with Crippen molar-refractivity contribution >= 4 is 27.5 Å². The number of hydrogen-bond acceptors (Lipinski definition) is 8. The number of anilines is 1. The normalized spacial score (nSPS) is 26.7. The first-order chi connectivity index (χ1) is 23.2. The molecular formula is C37H37F3N6O2. The fourth-order valence-electron chi connectivity index (χ4n) is 8.84. The molecular weight excluding hydrogens is 617 g/mol. The number of pyridine rings is 1. The molecule has 0 amide bonds. The summed E-state index contributed by atoms with van der Waals surface area (Å²) in [5.41, 5.74) is 0.184. The molecule has 0 unspecified atom stereocenters. The fraction of sp³-hybridized carbons (Fsp3) is 0.432. The van der Waals surface area contributed by atoms with Crippen molar-refractivity contribution in [3.8, 4) is 35.4 Å². The Kier molecular flexibility index (Phi) is 7.49. The Balaban J connectivity index is 1.35. The summed E-state index contributed by atoms with van der Waals surface area (Å²) < 4.78 is 53.1. The van der Waals surface area contributed by atoms with Gasteiger partial charge < -0.3 is 20.1 Å². The molecule has 0 aliphatic carbocycles. The molecule has 4 aliphatic heterocycles. The molecule has 8 rings (SSSR count). The Morgan fingerprint density at radius 2 is 2.06 bits per heavy atom. The Labute approximate surface area is 277 Å². The number of fused-ring (bicyclic) bond motifs is 4. The SMILES string of the molecule is C#Cc1c(F)ccc2cc(O)cc(-c3nc4c5c(nc(OC[C@@]67CCCN6C[C@H](F)C7)nc5c3F)N3CCN[C@@H](CC=C)[C@@H]3[C@H](C)C4)c12. The molecule has 11 heteroatoms. The van der Waals surface area contributed by atoms with Gasteiger partial charge in [0.1, 0.15) is 41.4 Å². The number of nitrogens with one attached hydrogen (secondary N) is 1. The lowest BCUT2D eigenvalue weighted by Gasteiger charge is -2.44. The monoisotopic (exact) mass is 654 g/mol. The van der Waals surface area contributed by atoms with Gasteiger partial charge in [0.25, 0.3) is 0 Å². The van der Waals surface area contributed by atoms with E-state index in [1.165, 1.54) is 24.3 Å². The van der Waals surface area contributed by atoms with E-state index in [9.17, 15) is 9.50 Å². The number of halogens is 3. The van der Waals surface area contributed by atoms with Crippen molar-refractivity contribution in [3.05, 3.63) is 59.8 Å². The van der Waals surface area contributed by atoms with Crippen LogP contribution in [0.3, 0.4) is 0 Å². The zero-order chi connectivity index (χ0) is 33.3. The minimum Gasteiger partial charge on any atom is -0.508 e. The van der Waals surface area contributed by atoms with Crippen LogP contribution in [-0.4, -0.2) is 81.5 Å². The zero-order valence-electron chi connectivity index (χ0n) is 26.8. The van der Waals surface area contributed by atoms with Gasteiger partial charge in [-0.2, -0.15) is 9.97 Å². The van der Waals surface area contributed by atoms with E-state index in [0.29, 0.717) is 54.8 Å². The third-order valence-electron chi connectivity index (χ3n) is 10.8. The van der Waals surface area contributed by atoms with Crippen molar-refractivity contribution in [3.63, 3.8) is 0 Å². The van der Waals surface area contributed by atoms with Crippen LogP contribution in [0.4, 0.5) is 19.0 Å². The van der Waals surface area contributed by atoms with E-state index < -0.39 is 23.3 Å². The zero-order valence-corrected chi connectivity index (χ0v) is 26.8. The molecule has 248 valence electrons. The summed E-state index contributed by atoms with van der Waals surface area (Å²) in [6.07, 6.45) is 10.1. The number of hydrogen-bond donors (Lipinski definition) is 2. The summed E-state index contributed by atoms with van der Waals surface area (Å²) in [6, 6.07) is 5.61. The smallest absolute Gasteiger partial charge is 0.319 e. The Morgan fingerprint density at radius 1 is 1.21 bits per heavy atom. The Morgan fingerprint density at radius 3 is 2.88 bits per heavy atom. The van der Waals surface area contributed by atoms with Crippen LogP contribution in [0.2, 0.25) is 0 Å². The van der Waals surface area contributed by atoms with Crippen LogP contribution in [0.25, 0.3) is 32.9 Å². The maximum Gasteiger partial charge on any atom is 0.319 e. The van der Waals surface area contributed by atoms with Gasteiger partial charge in [-0.15, -0.1) is 13.0 Å². The topological polar surface area (TPSA) is 86.6 Å². The van der Waals surface area contributed by atoms with Crippen LogP contribution in [0.5, 0.6) is 11.8 Å². The standard InChI is InChI=1S/C37H37F3N6O2/c1-4-7-27-34-20(3)14-28-30-33(31(40)32(42-28)25-16-23(47)15-21-8-9-26(39)24(5-2)29(21)25)43-36(44-35(30)46(34)13-11-41-27)48-19-37-10-6-12-45(37)18-22(38)17-37/h2,4,8-9,15-16,20,22,27,34,41,47H,1,6-7,10-14,17-19H2,3H3/t20-,22-,27+,34+,37+/m1/s1. The number of ether oxygens (including phenoxy) is 1. The van der Waals surface area contributed by atoms with E-state index in [1.807, 2.05) is 6.08 Å². The van der Waals surface area contributed by atoms with E-state index in [1.54, 1.807) is 0 Å². The van der Waals surface area contributed by atoms with Gasteiger partial charge >= 0.3 is 6.01 Å². The van der Waals surface area contributed by atoms with E-state index in [4.69, 9.17) is 21.1 Å². The molecule has 0 bridgehead atoms. The van der Waals surface area contributed by atoms with Gasteiger partial charge in [0.05, 0.1) is 22.2 Å². The van der Waals surface area contributed by atoms with E-state index in [2.05, 4.69) is 39.5 Å². The number of phenols is 1. The largest absolute Gasteiger partial charge is 0.508 e. The first-order valence-corrected chi connectivity index (χ1v) is 16.7. The van der Waals surface area contributed by atoms with E-state index >= 15 is 8.78 Å². The third kappa shape index (κ3) is 4.79. The number of terminal acetylenes is 1. The molecule has 2 aromatic heterocycles. The molecule has 4 aromatic rings. The average Bonchev–Trinajstić information content (AvgIpc) is 3.56.